The summed E-state index contributed by atoms with van der Waals surface area (Å²) < 4.78 is 0. The standard InChI is InChI=1S/C20H25N3O2/c1-16-4-6-17(7-5-16)14-18(24)22-10-12-23(13-11-22)19(25)20(15-21)8-2-3-9-20/h4-7H,2-3,8-14H2,1H3. The van der Waals surface area contributed by atoms with Crippen molar-refractivity contribution in [2.45, 2.75) is 39.0 Å². The Balaban J connectivity index is 1.54. The number of hydrogen-bond donors (Lipinski definition) is 0. The van der Waals surface area contributed by atoms with Gasteiger partial charge in [0, 0.05) is 26.2 Å². The molecule has 2 aliphatic rings. The molecule has 1 aliphatic heterocycles. The van der Waals surface area contributed by atoms with Crippen molar-refractivity contribution in [1.29, 1.82) is 5.26 Å². The molecule has 25 heavy (non-hydrogen) atoms. The van der Waals surface area contributed by atoms with Crippen LogP contribution in [0.1, 0.15) is 36.8 Å². The van der Waals surface area contributed by atoms with Gasteiger partial charge in [0.15, 0.2) is 0 Å². The summed E-state index contributed by atoms with van der Waals surface area (Å²) in [5.74, 6) is 0.0740. The second-order valence-corrected chi connectivity index (χ2v) is 7.24. The highest BCUT2D eigenvalue weighted by Gasteiger charge is 2.44. The number of nitriles is 1. The molecule has 0 radical (unpaired) electrons. The predicted molar refractivity (Wildman–Crippen MR) is 94.6 cm³/mol. The summed E-state index contributed by atoms with van der Waals surface area (Å²) in [6.45, 7) is 4.19. The first-order chi connectivity index (χ1) is 12.0. The third-order valence-electron chi connectivity index (χ3n) is 5.48. The minimum atomic E-state index is -0.811. The molecule has 1 saturated carbocycles. The minimum absolute atomic E-state index is 0.0295. The third kappa shape index (κ3) is 3.68. The van der Waals surface area contributed by atoms with Gasteiger partial charge in [0.25, 0.3) is 0 Å². The van der Waals surface area contributed by atoms with Gasteiger partial charge in [-0.15, -0.1) is 0 Å². The van der Waals surface area contributed by atoms with E-state index in [1.54, 1.807) is 4.90 Å². The quantitative estimate of drug-likeness (QED) is 0.849. The van der Waals surface area contributed by atoms with Crippen LogP contribution >= 0.6 is 0 Å². The van der Waals surface area contributed by atoms with Gasteiger partial charge in [0.2, 0.25) is 11.8 Å². The molecule has 1 saturated heterocycles. The lowest BCUT2D eigenvalue weighted by molar-refractivity contribution is -0.144. The molecule has 0 bridgehead atoms. The first-order valence-corrected chi connectivity index (χ1v) is 9.08. The Kier molecular flexibility index (Phi) is 5.08. The third-order valence-corrected chi connectivity index (χ3v) is 5.48. The van der Waals surface area contributed by atoms with E-state index in [0.717, 1.165) is 18.4 Å². The highest BCUT2D eigenvalue weighted by molar-refractivity contribution is 5.86. The maximum Gasteiger partial charge on any atom is 0.243 e. The maximum atomic E-state index is 12.8. The summed E-state index contributed by atoms with van der Waals surface area (Å²) in [6.07, 6.45) is 3.66. The Morgan fingerprint density at radius 2 is 1.60 bits per heavy atom. The van der Waals surface area contributed by atoms with E-state index in [-0.39, 0.29) is 11.8 Å². The van der Waals surface area contributed by atoms with Crippen LogP contribution in [0.5, 0.6) is 0 Å². The number of piperazine rings is 1. The van der Waals surface area contributed by atoms with E-state index in [1.807, 2.05) is 36.1 Å². The van der Waals surface area contributed by atoms with Crippen molar-refractivity contribution in [3.63, 3.8) is 0 Å². The molecule has 3 rings (SSSR count). The van der Waals surface area contributed by atoms with Crippen LogP contribution in [0.3, 0.4) is 0 Å². The van der Waals surface area contributed by atoms with E-state index in [2.05, 4.69) is 6.07 Å². The molecule has 0 unspecified atom stereocenters. The lowest BCUT2D eigenvalue weighted by Gasteiger charge is -2.37. The van der Waals surface area contributed by atoms with Crippen molar-refractivity contribution >= 4 is 11.8 Å². The summed E-state index contributed by atoms with van der Waals surface area (Å²) in [5, 5.41) is 9.48. The molecular formula is C20H25N3O2. The summed E-state index contributed by atoms with van der Waals surface area (Å²) in [4.78, 5) is 28.8. The summed E-state index contributed by atoms with van der Waals surface area (Å²) in [5.41, 5.74) is 1.39. The normalized spacial score (nSPS) is 19.5. The second kappa shape index (κ2) is 7.26. The molecule has 132 valence electrons. The van der Waals surface area contributed by atoms with Crippen LogP contribution in [0.25, 0.3) is 0 Å². The number of carbonyl (C=O) groups is 2. The van der Waals surface area contributed by atoms with Crippen LogP contribution < -0.4 is 0 Å². The molecule has 2 amide bonds. The number of carbonyl (C=O) groups excluding carboxylic acids is 2. The monoisotopic (exact) mass is 339 g/mol. The van der Waals surface area contributed by atoms with E-state index in [0.29, 0.717) is 45.4 Å². The van der Waals surface area contributed by atoms with Gasteiger partial charge in [-0.3, -0.25) is 9.59 Å². The molecule has 1 heterocycles. The van der Waals surface area contributed by atoms with Crippen LogP contribution in [-0.4, -0.2) is 47.8 Å². The second-order valence-electron chi connectivity index (χ2n) is 7.24. The molecule has 0 aromatic heterocycles. The van der Waals surface area contributed by atoms with Crippen LogP contribution in [0.15, 0.2) is 24.3 Å². The first-order valence-electron chi connectivity index (χ1n) is 9.08. The zero-order valence-electron chi connectivity index (χ0n) is 14.8. The Morgan fingerprint density at radius 3 is 2.16 bits per heavy atom. The Hall–Kier alpha value is -2.35. The minimum Gasteiger partial charge on any atom is -0.339 e. The number of amides is 2. The number of rotatable bonds is 3. The van der Waals surface area contributed by atoms with Crippen molar-refractivity contribution in [3.05, 3.63) is 35.4 Å². The van der Waals surface area contributed by atoms with Crippen molar-refractivity contribution in [2.24, 2.45) is 5.41 Å². The van der Waals surface area contributed by atoms with Gasteiger partial charge >= 0.3 is 0 Å². The highest BCUT2D eigenvalue weighted by atomic mass is 16.2. The molecule has 2 fully saturated rings. The van der Waals surface area contributed by atoms with E-state index in [4.69, 9.17) is 0 Å². The van der Waals surface area contributed by atoms with Crippen molar-refractivity contribution < 1.29 is 9.59 Å². The van der Waals surface area contributed by atoms with Crippen molar-refractivity contribution in [1.82, 2.24) is 9.80 Å². The molecule has 5 heteroatoms. The number of hydrogen-bond acceptors (Lipinski definition) is 3. The zero-order valence-corrected chi connectivity index (χ0v) is 14.8. The smallest absolute Gasteiger partial charge is 0.243 e. The summed E-state index contributed by atoms with van der Waals surface area (Å²) in [7, 11) is 0. The average Bonchev–Trinajstić information content (AvgIpc) is 3.13. The van der Waals surface area contributed by atoms with E-state index < -0.39 is 5.41 Å². The molecular weight excluding hydrogens is 314 g/mol. The van der Waals surface area contributed by atoms with Gasteiger partial charge < -0.3 is 9.80 Å². The average molecular weight is 339 g/mol. The molecule has 0 atom stereocenters. The molecule has 1 aliphatic carbocycles. The van der Waals surface area contributed by atoms with E-state index >= 15 is 0 Å². The maximum absolute atomic E-state index is 12.8. The van der Waals surface area contributed by atoms with Gasteiger partial charge in [-0.05, 0) is 25.3 Å². The number of benzene rings is 1. The highest BCUT2D eigenvalue weighted by Crippen LogP contribution is 2.39. The largest absolute Gasteiger partial charge is 0.339 e. The molecule has 1 aromatic carbocycles. The lowest BCUT2D eigenvalue weighted by atomic mass is 9.86. The number of aryl methyl sites for hydroxylation is 1. The molecule has 1 aromatic rings. The van der Waals surface area contributed by atoms with Gasteiger partial charge in [0.1, 0.15) is 5.41 Å². The van der Waals surface area contributed by atoms with Crippen LogP contribution in [-0.2, 0) is 16.0 Å². The lowest BCUT2D eigenvalue weighted by Crippen LogP contribution is -2.54. The first kappa shape index (κ1) is 17.5. The topological polar surface area (TPSA) is 64.4 Å². The van der Waals surface area contributed by atoms with Crippen LogP contribution in [0.2, 0.25) is 0 Å². The fraction of sp³-hybridized carbons (Fsp3) is 0.550. The summed E-state index contributed by atoms with van der Waals surface area (Å²) >= 11 is 0. The Labute approximate surface area is 149 Å². The van der Waals surface area contributed by atoms with Crippen LogP contribution in [0, 0.1) is 23.7 Å². The Bertz CT molecular complexity index is 676. The van der Waals surface area contributed by atoms with Crippen molar-refractivity contribution in [3.8, 4) is 6.07 Å². The SMILES string of the molecule is Cc1ccc(CC(=O)N2CCN(C(=O)C3(C#N)CCCC3)CC2)cc1. The van der Waals surface area contributed by atoms with Gasteiger partial charge in [-0.25, -0.2) is 0 Å². The summed E-state index contributed by atoms with van der Waals surface area (Å²) in [6, 6.07) is 10.3. The van der Waals surface area contributed by atoms with Gasteiger partial charge in [0.05, 0.1) is 12.5 Å². The fourth-order valence-corrected chi connectivity index (χ4v) is 3.81. The van der Waals surface area contributed by atoms with Gasteiger partial charge in [-0.2, -0.15) is 5.26 Å². The molecule has 5 nitrogen and oxygen atoms in total. The molecule has 0 spiro atoms. The van der Waals surface area contributed by atoms with Crippen molar-refractivity contribution in [2.75, 3.05) is 26.2 Å². The van der Waals surface area contributed by atoms with Crippen LogP contribution in [0.4, 0.5) is 0 Å². The fourth-order valence-electron chi connectivity index (χ4n) is 3.81. The number of nitrogens with zero attached hydrogens (tertiary/aromatic N) is 3. The predicted octanol–water partition coefficient (Wildman–Crippen LogP) is 2.29. The Morgan fingerprint density at radius 1 is 1.04 bits per heavy atom. The molecule has 0 N–H and O–H groups in total. The van der Waals surface area contributed by atoms with Gasteiger partial charge in [-0.1, -0.05) is 42.7 Å². The van der Waals surface area contributed by atoms with E-state index in [1.165, 1.54) is 5.56 Å². The van der Waals surface area contributed by atoms with E-state index in [9.17, 15) is 14.9 Å². The zero-order chi connectivity index (χ0) is 17.9.